The summed E-state index contributed by atoms with van der Waals surface area (Å²) in [4.78, 5) is 14.4. The molecule has 0 aromatic heterocycles. The van der Waals surface area contributed by atoms with E-state index >= 15 is 0 Å². The summed E-state index contributed by atoms with van der Waals surface area (Å²) in [5.74, 6) is -0.0305. The average molecular weight is 401 g/mol. The van der Waals surface area contributed by atoms with Gasteiger partial charge in [-0.3, -0.25) is 4.79 Å². The molecule has 144 valence electrons. The van der Waals surface area contributed by atoms with Crippen LogP contribution in [0.4, 0.5) is 0 Å². The maximum atomic E-state index is 12.6. The third kappa shape index (κ3) is 4.57. The number of carbonyl (C=O) groups is 1. The molecule has 2 aliphatic heterocycles. The van der Waals surface area contributed by atoms with Gasteiger partial charge in [-0.2, -0.15) is 4.31 Å². The number of rotatable bonds is 4. The van der Waals surface area contributed by atoms with Crippen LogP contribution < -0.4 is 0 Å². The summed E-state index contributed by atoms with van der Waals surface area (Å²) in [6.45, 7) is 2.32. The van der Waals surface area contributed by atoms with Gasteiger partial charge < -0.3 is 9.64 Å². The van der Waals surface area contributed by atoms with Crippen molar-refractivity contribution in [3.8, 4) is 0 Å². The van der Waals surface area contributed by atoms with Crippen molar-refractivity contribution in [3.05, 3.63) is 34.9 Å². The van der Waals surface area contributed by atoms with Crippen LogP contribution in [0.25, 0.3) is 0 Å². The number of nitrogens with zero attached hydrogens (tertiary/aromatic N) is 2. The summed E-state index contributed by atoms with van der Waals surface area (Å²) in [6.07, 6.45) is 4.06. The van der Waals surface area contributed by atoms with Crippen LogP contribution in [-0.2, 0) is 14.8 Å². The molecule has 0 aliphatic carbocycles. The Morgan fingerprint density at radius 1 is 1.08 bits per heavy atom. The fourth-order valence-corrected chi connectivity index (χ4v) is 5.51. The van der Waals surface area contributed by atoms with Gasteiger partial charge >= 0.3 is 0 Å². The largest absolute Gasteiger partial charge is 0.381 e. The maximum Gasteiger partial charge on any atom is 0.253 e. The zero-order valence-electron chi connectivity index (χ0n) is 14.9. The number of hydrogen-bond acceptors (Lipinski definition) is 4. The van der Waals surface area contributed by atoms with Crippen LogP contribution in [0.2, 0.25) is 5.02 Å². The van der Waals surface area contributed by atoms with E-state index in [1.807, 2.05) is 0 Å². The van der Waals surface area contributed by atoms with Gasteiger partial charge in [0.2, 0.25) is 10.0 Å². The number of sulfonamides is 1. The molecule has 0 N–H and O–H groups in total. The van der Waals surface area contributed by atoms with Gasteiger partial charge in [-0.25, -0.2) is 8.42 Å². The molecule has 1 amide bonds. The number of carbonyl (C=O) groups excluding carboxylic acids is 1. The number of piperidine rings is 1. The first-order valence-electron chi connectivity index (χ1n) is 8.97. The van der Waals surface area contributed by atoms with Crippen molar-refractivity contribution in [2.75, 3.05) is 32.6 Å². The topological polar surface area (TPSA) is 66.9 Å². The fourth-order valence-electron chi connectivity index (χ4n) is 3.88. The molecule has 0 radical (unpaired) electrons. The van der Waals surface area contributed by atoms with E-state index in [1.54, 1.807) is 33.5 Å². The van der Waals surface area contributed by atoms with Gasteiger partial charge in [0, 0.05) is 49.0 Å². The van der Waals surface area contributed by atoms with Crippen LogP contribution in [0.15, 0.2) is 24.3 Å². The molecule has 2 fully saturated rings. The molecule has 8 heteroatoms. The lowest BCUT2D eigenvalue weighted by Crippen LogP contribution is -2.53. The Bertz CT molecular complexity index is 724. The van der Waals surface area contributed by atoms with Crippen molar-refractivity contribution in [2.24, 2.45) is 0 Å². The molecule has 0 atom stereocenters. The van der Waals surface area contributed by atoms with E-state index in [-0.39, 0.29) is 18.0 Å². The first-order chi connectivity index (χ1) is 12.4. The lowest BCUT2D eigenvalue weighted by atomic mass is 10.0. The number of amides is 1. The van der Waals surface area contributed by atoms with Crippen molar-refractivity contribution in [2.45, 2.75) is 37.8 Å². The summed E-state index contributed by atoms with van der Waals surface area (Å²) < 4.78 is 31.8. The van der Waals surface area contributed by atoms with Crippen molar-refractivity contribution < 1.29 is 17.9 Å². The van der Waals surface area contributed by atoms with E-state index in [9.17, 15) is 13.2 Å². The van der Waals surface area contributed by atoms with E-state index in [0.717, 1.165) is 12.8 Å². The normalized spacial score (nSPS) is 20.5. The maximum absolute atomic E-state index is 12.6. The Balaban J connectivity index is 1.65. The monoisotopic (exact) mass is 400 g/mol. The number of benzene rings is 1. The van der Waals surface area contributed by atoms with E-state index in [4.69, 9.17) is 16.3 Å². The smallest absolute Gasteiger partial charge is 0.253 e. The van der Waals surface area contributed by atoms with Gasteiger partial charge in [0.15, 0.2) is 0 Å². The molecule has 26 heavy (non-hydrogen) atoms. The third-order valence-corrected chi connectivity index (χ3v) is 6.75. The summed E-state index contributed by atoms with van der Waals surface area (Å²) in [5.41, 5.74) is 0.609. The van der Waals surface area contributed by atoms with Crippen molar-refractivity contribution in [3.63, 3.8) is 0 Å². The Morgan fingerprint density at radius 3 is 2.15 bits per heavy atom. The SMILES string of the molecule is CS(=O)(=O)N(C1CCOCC1)C1CCN(C(=O)c2ccc(Cl)cc2)CC1. The van der Waals surface area contributed by atoms with Gasteiger partial charge in [-0.15, -0.1) is 0 Å². The first-order valence-corrected chi connectivity index (χ1v) is 11.2. The van der Waals surface area contributed by atoms with Crippen molar-refractivity contribution >= 4 is 27.5 Å². The molecule has 3 rings (SSSR count). The van der Waals surface area contributed by atoms with E-state index in [1.165, 1.54) is 6.26 Å². The molecule has 2 heterocycles. The molecular weight excluding hydrogens is 376 g/mol. The Kier molecular flexibility index (Phi) is 6.22. The Labute approximate surface area is 160 Å². The van der Waals surface area contributed by atoms with Gasteiger partial charge in [-0.05, 0) is 49.9 Å². The predicted molar refractivity (Wildman–Crippen MR) is 101 cm³/mol. The molecule has 0 saturated carbocycles. The van der Waals surface area contributed by atoms with Gasteiger partial charge in [0.05, 0.1) is 6.26 Å². The highest BCUT2D eigenvalue weighted by atomic mass is 35.5. The van der Waals surface area contributed by atoms with Crippen molar-refractivity contribution in [1.29, 1.82) is 0 Å². The fraction of sp³-hybridized carbons (Fsp3) is 0.611. The first kappa shape index (κ1) is 19.6. The molecule has 0 unspecified atom stereocenters. The van der Waals surface area contributed by atoms with Crippen LogP contribution in [0.3, 0.4) is 0 Å². The quantitative estimate of drug-likeness (QED) is 0.778. The lowest BCUT2D eigenvalue weighted by Gasteiger charge is -2.42. The van der Waals surface area contributed by atoms with Gasteiger partial charge in [0.25, 0.3) is 5.91 Å². The standard InChI is InChI=1S/C18H25ClN2O4S/c1-26(23,24)21(17-8-12-25-13-9-17)16-6-10-20(11-7-16)18(22)14-2-4-15(19)5-3-14/h2-5,16-17H,6-13H2,1H3. The number of hydrogen-bond donors (Lipinski definition) is 0. The molecule has 2 saturated heterocycles. The molecular formula is C18H25ClN2O4S. The van der Waals surface area contributed by atoms with Crippen LogP contribution in [-0.4, -0.2) is 68.2 Å². The molecule has 0 spiro atoms. The summed E-state index contributed by atoms with van der Waals surface area (Å²) in [5, 5.41) is 0.598. The zero-order valence-corrected chi connectivity index (χ0v) is 16.5. The lowest BCUT2D eigenvalue weighted by molar-refractivity contribution is 0.0378. The number of likely N-dealkylation sites (tertiary alicyclic amines) is 1. The number of ether oxygens (including phenoxy) is 1. The van der Waals surface area contributed by atoms with E-state index in [2.05, 4.69) is 0 Å². The molecule has 2 aliphatic rings. The van der Waals surface area contributed by atoms with Crippen molar-refractivity contribution in [1.82, 2.24) is 9.21 Å². The van der Waals surface area contributed by atoms with Crippen LogP contribution in [0.5, 0.6) is 0 Å². The summed E-state index contributed by atoms with van der Waals surface area (Å²) in [7, 11) is -3.30. The minimum Gasteiger partial charge on any atom is -0.381 e. The van der Waals surface area contributed by atoms with Gasteiger partial charge in [0.1, 0.15) is 0 Å². The van der Waals surface area contributed by atoms with E-state index < -0.39 is 10.0 Å². The summed E-state index contributed by atoms with van der Waals surface area (Å²) in [6, 6.07) is 6.81. The number of halogens is 1. The average Bonchev–Trinajstić information content (AvgIpc) is 2.62. The highest BCUT2D eigenvalue weighted by molar-refractivity contribution is 7.88. The Hall–Kier alpha value is -1.15. The third-order valence-electron chi connectivity index (χ3n) is 5.14. The van der Waals surface area contributed by atoms with Crippen LogP contribution in [0, 0.1) is 0 Å². The second kappa shape index (κ2) is 8.25. The second-order valence-electron chi connectivity index (χ2n) is 6.97. The highest BCUT2D eigenvalue weighted by Crippen LogP contribution is 2.27. The van der Waals surface area contributed by atoms with E-state index in [0.29, 0.717) is 49.7 Å². The Morgan fingerprint density at radius 2 is 1.62 bits per heavy atom. The summed E-state index contributed by atoms with van der Waals surface area (Å²) >= 11 is 5.88. The minimum absolute atomic E-state index is 0.00210. The molecule has 1 aromatic carbocycles. The minimum atomic E-state index is -3.30. The zero-order chi connectivity index (χ0) is 18.7. The van der Waals surface area contributed by atoms with Crippen LogP contribution >= 0.6 is 11.6 Å². The molecule has 0 bridgehead atoms. The molecule has 6 nitrogen and oxygen atoms in total. The van der Waals surface area contributed by atoms with Crippen LogP contribution in [0.1, 0.15) is 36.0 Å². The highest BCUT2D eigenvalue weighted by Gasteiger charge is 2.37. The van der Waals surface area contributed by atoms with Gasteiger partial charge in [-0.1, -0.05) is 11.6 Å². The molecule has 1 aromatic rings. The predicted octanol–water partition coefficient (Wildman–Crippen LogP) is 2.39. The second-order valence-corrected chi connectivity index (χ2v) is 9.29.